The van der Waals surface area contributed by atoms with Gasteiger partial charge in [0.15, 0.2) is 0 Å². The van der Waals surface area contributed by atoms with Crippen LogP contribution in [0.15, 0.2) is 78.0 Å². The third-order valence-corrected chi connectivity index (χ3v) is 5.98. The monoisotopic (exact) mass is 528 g/mol. The van der Waals surface area contributed by atoms with Crippen LogP contribution >= 0.6 is 0 Å². The van der Waals surface area contributed by atoms with Gasteiger partial charge in [-0.15, -0.1) is 0 Å². The zero-order chi connectivity index (χ0) is 27.7. The highest BCUT2D eigenvalue weighted by molar-refractivity contribution is 5.94. The van der Waals surface area contributed by atoms with Crippen LogP contribution in [0.4, 0.5) is 24.9 Å². The Morgan fingerprint density at radius 3 is 2.54 bits per heavy atom. The van der Waals surface area contributed by atoms with Crippen LogP contribution in [0.25, 0.3) is 27.7 Å². The Morgan fingerprint density at radius 1 is 1.05 bits per heavy atom. The second-order valence-corrected chi connectivity index (χ2v) is 8.57. The van der Waals surface area contributed by atoms with E-state index >= 15 is 0 Å². The number of anilines is 2. The molecule has 12 heteroatoms. The molecule has 0 spiro atoms. The van der Waals surface area contributed by atoms with Gasteiger partial charge in [-0.2, -0.15) is 23.4 Å². The van der Waals surface area contributed by atoms with Gasteiger partial charge in [0.1, 0.15) is 23.3 Å². The highest BCUT2D eigenvalue weighted by Gasteiger charge is 2.31. The zero-order valence-corrected chi connectivity index (χ0v) is 20.3. The number of halogens is 3. The van der Waals surface area contributed by atoms with Crippen LogP contribution in [0.3, 0.4) is 0 Å². The smallest absolute Gasteiger partial charge is 0.368 e. The van der Waals surface area contributed by atoms with Crippen molar-refractivity contribution in [1.82, 2.24) is 24.5 Å². The number of nitrogens with two attached hydrogens (primary N) is 1. The lowest BCUT2D eigenvalue weighted by Crippen LogP contribution is -2.28. The van der Waals surface area contributed by atoms with E-state index in [0.717, 1.165) is 12.3 Å². The van der Waals surface area contributed by atoms with Gasteiger partial charge >= 0.3 is 6.18 Å². The van der Waals surface area contributed by atoms with E-state index in [9.17, 15) is 23.2 Å². The number of hydrogen-bond acceptors (Lipinski definition) is 8. The van der Waals surface area contributed by atoms with E-state index in [1.807, 2.05) is 6.07 Å². The number of nitriles is 1. The summed E-state index contributed by atoms with van der Waals surface area (Å²) in [6, 6.07) is 15.8. The molecule has 5 rings (SSSR count). The number of fused-ring (bicyclic) bond motifs is 1. The number of para-hydroxylation sites is 1. The van der Waals surface area contributed by atoms with Gasteiger partial charge in [0.25, 0.3) is 5.56 Å². The van der Waals surface area contributed by atoms with Crippen molar-refractivity contribution in [3.05, 3.63) is 100 Å². The van der Waals surface area contributed by atoms with Gasteiger partial charge < -0.3 is 11.1 Å². The van der Waals surface area contributed by atoms with Crippen LogP contribution < -0.4 is 16.6 Å². The van der Waals surface area contributed by atoms with E-state index < -0.39 is 23.3 Å². The Balaban J connectivity index is 1.74. The van der Waals surface area contributed by atoms with Crippen molar-refractivity contribution >= 4 is 22.7 Å². The summed E-state index contributed by atoms with van der Waals surface area (Å²) >= 11 is 0. The number of rotatable bonds is 5. The minimum absolute atomic E-state index is 0.0463. The zero-order valence-electron chi connectivity index (χ0n) is 20.3. The molecule has 0 aliphatic carbocycles. The first-order valence-electron chi connectivity index (χ1n) is 11.6. The molecular formula is C27H19F3N8O. The maximum absolute atomic E-state index is 14.1. The molecule has 0 amide bonds. The summed E-state index contributed by atoms with van der Waals surface area (Å²) in [5, 5.41) is 12.7. The van der Waals surface area contributed by atoms with Crippen molar-refractivity contribution in [2.24, 2.45) is 0 Å². The lowest BCUT2D eigenvalue weighted by atomic mass is 10.0. The number of pyridine rings is 1. The Hall–Kier alpha value is -5.31. The minimum Gasteiger partial charge on any atom is -0.368 e. The molecule has 1 atom stereocenters. The first-order valence-corrected chi connectivity index (χ1v) is 11.6. The van der Waals surface area contributed by atoms with E-state index in [1.54, 1.807) is 55.5 Å². The topological polar surface area (TPSA) is 135 Å². The normalized spacial score (nSPS) is 12.2. The molecular weight excluding hydrogens is 509 g/mol. The van der Waals surface area contributed by atoms with Gasteiger partial charge in [-0.05, 0) is 36.8 Å². The fraction of sp³-hybridized carbons (Fsp3) is 0.111. The molecule has 0 bridgehead atoms. The van der Waals surface area contributed by atoms with Crippen LogP contribution in [0.1, 0.15) is 29.9 Å². The van der Waals surface area contributed by atoms with E-state index in [0.29, 0.717) is 5.69 Å². The molecule has 194 valence electrons. The minimum atomic E-state index is -4.60. The number of hydrogen-bond donors (Lipinski definition) is 2. The van der Waals surface area contributed by atoms with E-state index in [1.165, 1.54) is 17.0 Å². The Labute approximate surface area is 219 Å². The van der Waals surface area contributed by atoms with Gasteiger partial charge in [-0.1, -0.05) is 30.3 Å². The fourth-order valence-corrected chi connectivity index (χ4v) is 4.20. The summed E-state index contributed by atoms with van der Waals surface area (Å²) in [4.78, 5) is 30.5. The average molecular weight is 528 g/mol. The molecule has 3 N–H and O–H groups in total. The molecule has 0 radical (unpaired) electrons. The van der Waals surface area contributed by atoms with Crippen LogP contribution in [-0.4, -0.2) is 24.5 Å². The van der Waals surface area contributed by atoms with Gasteiger partial charge in [0, 0.05) is 18.0 Å². The highest BCUT2D eigenvalue weighted by Crippen LogP contribution is 2.33. The van der Waals surface area contributed by atoms with Crippen molar-refractivity contribution < 1.29 is 13.2 Å². The first-order chi connectivity index (χ1) is 18.7. The van der Waals surface area contributed by atoms with E-state index in [4.69, 9.17) is 10.7 Å². The standard InChI is InChI=1S/C27H19F3N8O/c1-15(35-23-17(11-31)13-34-26(32)37-23)24-36-21-9-5-8-20(16-10-18(14-33-12-16)27(28,29)30)22(21)25(39)38(24)19-6-3-2-4-7-19/h2-10,12-15H,1H3,(H3,32,34,35,37). The second kappa shape index (κ2) is 9.86. The van der Waals surface area contributed by atoms with Crippen molar-refractivity contribution in [3.63, 3.8) is 0 Å². The molecule has 5 aromatic rings. The Kier molecular flexibility index (Phi) is 6.41. The molecule has 0 aliphatic heterocycles. The maximum Gasteiger partial charge on any atom is 0.417 e. The number of aromatic nitrogens is 5. The first kappa shape index (κ1) is 25.3. The predicted octanol–water partition coefficient (Wildman–Crippen LogP) is 4.88. The van der Waals surface area contributed by atoms with E-state index in [-0.39, 0.29) is 45.2 Å². The summed E-state index contributed by atoms with van der Waals surface area (Å²) in [6.45, 7) is 1.73. The van der Waals surface area contributed by atoms with Crippen molar-refractivity contribution in [2.45, 2.75) is 19.1 Å². The number of alkyl halides is 3. The molecule has 9 nitrogen and oxygen atoms in total. The lowest BCUT2D eigenvalue weighted by Gasteiger charge is -2.21. The second-order valence-electron chi connectivity index (χ2n) is 8.57. The van der Waals surface area contributed by atoms with Gasteiger partial charge in [-0.25, -0.2) is 9.97 Å². The molecule has 1 unspecified atom stereocenters. The SMILES string of the molecule is CC(Nc1nc(N)ncc1C#N)c1nc2cccc(-c3cncc(C(F)(F)F)c3)c2c(=O)n1-c1ccccc1. The van der Waals surface area contributed by atoms with Gasteiger partial charge in [0.2, 0.25) is 5.95 Å². The predicted molar refractivity (Wildman–Crippen MR) is 139 cm³/mol. The highest BCUT2D eigenvalue weighted by atomic mass is 19.4. The van der Waals surface area contributed by atoms with Crippen molar-refractivity contribution in [1.29, 1.82) is 5.26 Å². The largest absolute Gasteiger partial charge is 0.417 e. The summed E-state index contributed by atoms with van der Waals surface area (Å²) in [7, 11) is 0. The third kappa shape index (κ3) is 4.85. The molecule has 0 fully saturated rings. The van der Waals surface area contributed by atoms with Crippen molar-refractivity contribution in [3.8, 4) is 22.9 Å². The van der Waals surface area contributed by atoms with Gasteiger partial charge in [0.05, 0.1) is 34.4 Å². The molecule has 3 aromatic heterocycles. The molecule has 0 aliphatic rings. The van der Waals surface area contributed by atoms with Gasteiger partial charge in [-0.3, -0.25) is 14.3 Å². The quantitative estimate of drug-likeness (QED) is 0.329. The average Bonchev–Trinajstić information content (AvgIpc) is 2.93. The number of benzene rings is 2. The Bertz CT molecular complexity index is 1800. The fourth-order valence-electron chi connectivity index (χ4n) is 4.20. The van der Waals surface area contributed by atoms with Crippen molar-refractivity contribution in [2.75, 3.05) is 11.1 Å². The number of nitrogen functional groups attached to an aromatic ring is 1. The summed E-state index contributed by atoms with van der Waals surface area (Å²) in [5.41, 5.74) is 5.57. The van der Waals surface area contributed by atoms with Crippen LogP contribution in [0.5, 0.6) is 0 Å². The molecule has 3 heterocycles. The lowest BCUT2D eigenvalue weighted by molar-refractivity contribution is -0.137. The molecule has 0 saturated heterocycles. The maximum atomic E-state index is 14.1. The van der Waals surface area contributed by atoms with Crippen LogP contribution in [-0.2, 0) is 6.18 Å². The molecule has 2 aromatic carbocycles. The summed E-state index contributed by atoms with van der Waals surface area (Å²) < 4.78 is 41.6. The number of nitrogens with one attached hydrogen (secondary N) is 1. The summed E-state index contributed by atoms with van der Waals surface area (Å²) in [5.74, 6) is 0.393. The number of nitrogens with zero attached hydrogens (tertiary/aromatic N) is 6. The third-order valence-electron chi connectivity index (χ3n) is 5.98. The molecule has 0 saturated carbocycles. The van der Waals surface area contributed by atoms with Crippen LogP contribution in [0, 0.1) is 11.3 Å². The summed E-state index contributed by atoms with van der Waals surface area (Å²) in [6.07, 6.45) is -1.31. The Morgan fingerprint density at radius 2 is 1.82 bits per heavy atom. The van der Waals surface area contributed by atoms with E-state index in [2.05, 4.69) is 20.3 Å². The molecule has 39 heavy (non-hydrogen) atoms. The van der Waals surface area contributed by atoms with Crippen LogP contribution in [0.2, 0.25) is 0 Å².